The van der Waals surface area contributed by atoms with Gasteiger partial charge in [0, 0.05) is 63.3 Å². The molecule has 9 heteroatoms. The van der Waals surface area contributed by atoms with Crippen molar-refractivity contribution in [1.82, 2.24) is 24.8 Å². The Kier molecular flexibility index (Phi) is 6.01. The van der Waals surface area contributed by atoms with E-state index in [1.54, 1.807) is 30.6 Å². The molecule has 2 fully saturated rings. The number of carbonyl (C=O) groups excluding carboxylic acids is 1. The molecule has 0 N–H and O–H groups in total. The first-order chi connectivity index (χ1) is 16.2. The molecule has 0 bridgehead atoms. The van der Waals surface area contributed by atoms with E-state index < -0.39 is 0 Å². The van der Waals surface area contributed by atoms with Gasteiger partial charge in [-0.15, -0.1) is 0 Å². The van der Waals surface area contributed by atoms with E-state index in [9.17, 15) is 4.79 Å². The summed E-state index contributed by atoms with van der Waals surface area (Å²) in [5, 5.41) is 0. The first-order valence-corrected chi connectivity index (χ1v) is 11.4. The van der Waals surface area contributed by atoms with Crippen LogP contribution < -0.4 is 14.5 Å². The second kappa shape index (κ2) is 9.40. The Bertz CT molecular complexity index is 1110. The maximum atomic E-state index is 13.1. The Morgan fingerprint density at radius 1 is 0.848 bits per heavy atom. The van der Waals surface area contributed by atoms with Crippen LogP contribution in [0.1, 0.15) is 29.0 Å². The van der Waals surface area contributed by atoms with Gasteiger partial charge in [-0.1, -0.05) is 6.07 Å². The molecule has 2 aliphatic heterocycles. The number of hydrogen-bond donors (Lipinski definition) is 0. The molecular formula is C24H27N7O2. The van der Waals surface area contributed by atoms with Crippen molar-refractivity contribution in [3.05, 3.63) is 60.2 Å². The van der Waals surface area contributed by atoms with Crippen molar-refractivity contribution in [3.63, 3.8) is 0 Å². The Hall–Kier alpha value is -3.75. The molecule has 0 atom stereocenters. The zero-order valence-corrected chi connectivity index (χ0v) is 18.7. The van der Waals surface area contributed by atoms with Crippen LogP contribution in [0.4, 0.5) is 11.6 Å². The van der Waals surface area contributed by atoms with Crippen LogP contribution in [0, 0.1) is 6.92 Å². The van der Waals surface area contributed by atoms with Crippen molar-refractivity contribution in [1.29, 1.82) is 0 Å². The number of nitrogens with zero attached hydrogens (tertiary/aromatic N) is 7. The summed E-state index contributed by atoms with van der Waals surface area (Å²) in [6, 6.07) is 11.2. The van der Waals surface area contributed by atoms with Gasteiger partial charge in [-0.2, -0.15) is 0 Å². The van der Waals surface area contributed by atoms with Crippen molar-refractivity contribution in [2.75, 3.05) is 49.1 Å². The Morgan fingerprint density at radius 3 is 2.21 bits per heavy atom. The van der Waals surface area contributed by atoms with Crippen molar-refractivity contribution in [2.45, 2.75) is 19.8 Å². The number of hydrogen-bond acceptors (Lipinski definition) is 8. The third-order valence-electron chi connectivity index (χ3n) is 5.96. The molecule has 2 aromatic heterocycles. The van der Waals surface area contributed by atoms with Crippen molar-refractivity contribution >= 4 is 17.5 Å². The predicted molar refractivity (Wildman–Crippen MR) is 125 cm³/mol. The first kappa shape index (κ1) is 21.1. The van der Waals surface area contributed by atoms with E-state index in [0.29, 0.717) is 24.4 Å². The summed E-state index contributed by atoms with van der Waals surface area (Å²) >= 11 is 0. The smallest absolute Gasteiger partial charge is 0.321 e. The standard InChI is InChI=1S/C24H27N7O2/c1-18-27-21(29-10-2-3-11-29)17-22(28-18)30-12-14-31(15-13-30)23(32)19-6-4-7-20(16-19)33-24-25-8-5-9-26-24/h4-9,16-17H,2-3,10-15H2,1H3. The molecule has 0 saturated carbocycles. The van der Waals surface area contributed by atoms with E-state index in [1.807, 2.05) is 24.0 Å². The van der Waals surface area contributed by atoms with E-state index >= 15 is 0 Å². The zero-order chi connectivity index (χ0) is 22.6. The number of anilines is 2. The molecule has 170 valence electrons. The number of rotatable bonds is 5. The molecule has 4 heterocycles. The monoisotopic (exact) mass is 445 g/mol. The molecule has 1 aromatic carbocycles. The molecule has 9 nitrogen and oxygen atoms in total. The number of aromatic nitrogens is 4. The maximum Gasteiger partial charge on any atom is 0.321 e. The fourth-order valence-electron chi connectivity index (χ4n) is 4.26. The highest BCUT2D eigenvalue weighted by molar-refractivity contribution is 5.94. The number of amides is 1. The van der Waals surface area contributed by atoms with Crippen LogP contribution in [-0.2, 0) is 0 Å². The van der Waals surface area contributed by atoms with Gasteiger partial charge in [0.05, 0.1) is 0 Å². The zero-order valence-electron chi connectivity index (χ0n) is 18.7. The molecule has 0 radical (unpaired) electrons. The maximum absolute atomic E-state index is 13.1. The number of aryl methyl sites for hydroxylation is 1. The largest absolute Gasteiger partial charge is 0.424 e. The molecule has 2 saturated heterocycles. The highest BCUT2D eigenvalue weighted by Gasteiger charge is 2.24. The lowest BCUT2D eigenvalue weighted by Gasteiger charge is -2.35. The van der Waals surface area contributed by atoms with Gasteiger partial charge in [0.15, 0.2) is 0 Å². The third kappa shape index (κ3) is 4.87. The van der Waals surface area contributed by atoms with Crippen LogP contribution in [0.2, 0.25) is 0 Å². The van der Waals surface area contributed by atoms with Crippen molar-refractivity contribution < 1.29 is 9.53 Å². The SMILES string of the molecule is Cc1nc(N2CCCC2)cc(N2CCN(C(=O)c3cccc(Oc4ncccn4)c3)CC2)n1. The normalized spacial score (nSPS) is 16.2. The van der Waals surface area contributed by atoms with E-state index in [2.05, 4.69) is 35.8 Å². The van der Waals surface area contributed by atoms with Gasteiger partial charge in [0.1, 0.15) is 23.2 Å². The Labute approximate surface area is 193 Å². The lowest BCUT2D eigenvalue weighted by Crippen LogP contribution is -2.49. The molecule has 0 unspecified atom stereocenters. The molecule has 33 heavy (non-hydrogen) atoms. The summed E-state index contributed by atoms with van der Waals surface area (Å²) in [7, 11) is 0. The minimum absolute atomic E-state index is 0.00861. The van der Waals surface area contributed by atoms with E-state index in [-0.39, 0.29) is 11.9 Å². The molecule has 2 aliphatic rings. The van der Waals surface area contributed by atoms with Crippen LogP contribution in [0.25, 0.3) is 0 Å². The van der Waals surface area contributed by atoms with Gasteiger partial charge >= 0.3 is 6.01 Å². The average Bonchev–Trinajstić information content (AvgIpc) is 3.39. The summed E-state index contributed by atoms with van der Waals surface area (Å²) in [4.78, 5) is 37.0. The average molecular weight is 446 g/mol. The summed E-state index contributed by atoms with van der Waals surface area (Å²) in [5.41, 5.74) is 0.589. The van der Waals surface area contributed by atoms with Gasteiger partial charge in [0.25, 0.3) is 5.91 Å². The van der Waals surface area contributed by atoms with Crippen molar-refractivity contribution in [2.24, 2.45) is 0 Å². The minimum atomic E-state index is -0.00861. The highest BCUT2D eigenvalue weighted by Crippen LogP contribution is 2.24. The van der Waals surface area contributed by atoms with Crippen LogP contribution in [-0.4, -0.2) is 70.0 Å². The van der Waals surface area contributed by atoms with E-state index in [1.165, 1.54) is 12.8 Å². The fraction of sp³-hybridized carbons (Fsp3) is 0.375. The first-order valence-electron chi connectivity index (χ1n) is 11.4. The van der Waals surface area contributed by atoms with Crippen LogP contribution in [0.3, 0.4) is 0 Å². The lowest BCUT2D eigenvalue weighted by molar-refractivity contribution is 0.0746. The van der Waals surface area contributed by atoms with Crippen LogP contribution in [0.5, 0.6) is 11.8 Å². The van der Waals surface area contributed by atoms with Gasteiger partial charge < -0.3 is 19.4 Å². The van der Waals surface area contributed by atoms with E-state index in [0.717, 1.165) is 43.6 Å². The summed E-state index contributed by atoms with van der Waals surface area (Å²) in [5.74, 6) is 3.26. The number of piperazine rings is 1. The summed E-state index contributed by atoms with van der Waals surface area (Å²) < 4.78 is 5.68. The molecular weight excluding hydrogens is 418 g/mol. The number of benzene rings is 1. The molecule has 0 spiro atoms. The Balaban J connectivity index is 1.23. The van der Waals surface area contributed by atoms with Gasteiger partial charge in [-0.3, -0.25) is 4.79 Å². The molecule has 1 amide bonds. The second-order valence-corrected chi connectivity index (χ2v) is 8.27. The predicted octanol–water partition coefficient (Wildman–Crippen LogP) is 2.93. The molecule has 5 rings (SSSR count). The molecule has 3 aromatic rings. The van der Waals surface area contributed by atoms with Crippen LogP contribution >= 0.6 is 0 Å². The minimum Gasteiger partial charge on any atom is -0.424 e. The molecule has 0 aliphatic carbocycles. The van der Waals surface area contributed by atoms with E-state index in [4.69, 9.17) is 4.74 Å². The van der Waals surface area contributed by atoms with Crippen molar-refractivity contribution in [3.8, 4) is 11.8 Å². The van der Waals surface area contributed by atoms with Gasteiger partial charge in [-0.05, 0) is 44.0 Å². The summed E-state index contributed by atoms with van der Waals surface area (Å²) in [6.45, 7) is 6.78. The summed E-state index contributed by atoms with van der Waals surface area (Å²) in [6.07, 6.45) is 5.65. The van der Waals surface area contributed by atoms with Crippen LogP contribution in [0.15, 0.2) is 48.8 Å². The number of ether oxygens (including phenoxy) is 1. The second-order valence-electron chi connectivity index (χ2n) is 8.27. The quantitative estimate of drug-likeness (QED) is 0.592. The fourth-order valence-corrected chi connectivity index (χ4v) is 4.26. The third-order valence-corrected chi connectivity index (χ3v) is 5.96. The lowest BCUT2D eigenvalue weighted by atomic mass is 10.1. The van der Waals surface area contributed by atoms with Gasteiger partial charge in [-0.25, -0.2) is 19.9 Å². The van der Waals surface area contributed by atoms with Gasteiger partial charge in [0.2, 0.25) is 0 Å². The topological polar surface area (TPSA) is 87.6 Å². The number of carbonyl (C=O) groups is 1. The Morgan fingerprint density at radius 2 is 1.52 bits per heavy atom. The highest BCUT2D eigenvalue weighted by atomic mass is 16.5.